The molecule has 0 unspecified atom stereocenters. The highest BCUT2D eigenvalue weighted by atomic mass is 16.5. The van der Waals surface area contributed by atoms with Gasteiger partial charge in [-0.05, 0) is 43.5 Å². The van der Waals surface area contributed by atoms with E-state index in [-0.39, 0.29) is 5.78 Å². The smallest absolute Gasteiger partial charge is 0.325 e. The Labute approximate surface area is 197 Å². The minimum absolute atomic E-state index is 0.216. The second-order valence-electron chi connectivity index (χ2n) is 8.58. The van der Waals surface area contributed by atoms with Gasteiger partial charge < -0.3 is 20.1 Å². The maximum absolute atomic E-state index is 13.2. The van der Waals surface area contributed by atoms with Crippen LogP contribution in [0.1, 0.15) is 31.4 Å². The number of ether oxygens (including phenoxy) is 2. The highest BCUT2D eigenvalue weighted by Gasteiger charge is 2.50. The van der Waals surface area contributed by atoms with Gasteiger partial charge in [0, 0.05) is 6.42 Å². The third kappa shape index (κ3) is 4.73. The van der Waals surface area contributed by atoms with Crippen LogP contribution >= 0.6 is 0 Å². The molecule has 2 atom stereocenters. The predicted octanol–water partition coefficient (Wildman–Crippen LogP) is 1.93. The first-order valence-electron chi connectivity index (χ1n) is 11.2. The van der Waals surface area contributed by atoms with E-state index in [1.54, 1.807) is 25.1 Å². The molecule has 4 rings (SSSR count). The van der Waals surface area contributed by atoms with E-state index in [1.807, 2.05) is 30.3 Å². The van der Waals surface area contributed by atoms with E-state index in [0.717, 1.165) is 16.9 Å². The molecule has 1 fully saturated rings. The van der Waals surface area contributed by atoms with E-state index < -0.39 is 36.0 Å². The first-order valence-corrected chi connectivity index (χ1v) is 11.2. The largest absolute Gasteiger partial charge is 0.490 e. The number of imide groups is 1. The van der Waals surface area contributed by atoms with Crippen molar-refractivity contribution in [3.63, 3.8) is 0 Å². The number of benzene rings is 2. The molecule has 0 aliphatic carbocycles. The standard InChI is InChI=1S/C25H27N3O6/c1-16(29)19(13-17-7-4-3-5-8-17)26-22(30)15-28-23(31)25(2,27-24(28)32)18-9-10-20-21(14-18)34-12-6-11-33-20/h3-5,7-10,14,19H,6,11-13,15H2,1-2H3,(H,26,30)(H,27,32)/t19-,25-/m0/s1. The van der Waals surface area contributed by atoms with Gasteiger partial charge in [-0.2, -0.15) is 0 Å². The summed E-state index contributed by atoms with van der Waals surface area (Å²) < 4.78 is 11.3. The Morgan fingerprint density at radius 3 is 2.50 bits per heavy atom. The summed E-state index contributed by atoms with van der Waals surface area (Å²) in [5.74, 6) is -0.301. The van der Waals surface area contributed by atoms with Crippen LogP contribution in [0.4, 0.5) is 4.79 Å². The number of carbonyl (C=O) groups excluding carboxylic acids is 4. The van der Waals surface area contributed by atoms with Crippen molar-refractivity contribution in [3.8, 4) is 11.5 Å². The molecular weight excluding hydrogens is 438 g/mol. The van der Waals surface area contributed by atoms with Gasteiger partial charge in [0.2, 0.25) is 5.91 Å². The van der Waals surface area contributed by atoms with Crippen molar-refractivity contribution >= 4 is 23.6 Å². The normalized spacial score (nSPS) is 20.4. The van der Waals surface area contributed by atoms with Crippen molar-refractivity contribution in [2.24, 2.45) is 0 Å². The fourth-order valence-electron chi connectivity index (χ4n) is 4.04. The molecule has 0 bridgehead atoms. The van der Waals surface area contributed by atoms with E-state index in [1.165, 1.54) is 6.92 Å². The first kappa shape index (κ1) is 23.3. The SMILES string of the molecule is CC(=O)[C@H](Cc1ccccc1)NC(=O)CN1C(=O)N[C@@](C)(c2ccc3c(c2)OCCCO3)C1=O. The van der Waals surface area contributed by atoms with Crippen LogP contribution in [-0.4, -0.2) is 54.3 Å². The number of fused-ring (bicyclic) bond motifs is 1. The third-order valence-electron chi connectivity index (χ3n) is 6.01. The zero-order valence-electron chi connectivity index (χ0n) is 19.1. The summed E-state index contributed by atoms with van der Waals surface area (Å²) in [6, 6.07) is 12.9. The quantitative estimate of drug-likeness (QED) is 0.604. The van der Waals surface area contributed by atoms with Crippen molar-refractivity contribution in [1.82, 2.24) is 15.5 Å². The molecule has 9 heteroatoms. The maximum Gasteiger partial charge on any atom is 0.325 e. The second-order valence-corrected chi connectivity index (χ2v) is 8.58. The van der Waals surface area contributed by atoms with Crippen LogP contribution < -0.4 is 20.1 Å². The number of nitrogens with one attached hydrogen (secondary N) is 2. The number of amides is 4. The van der Waals surface area contributed by atoms with Gasteiger partial charge in [-0.25, -0.2) is 4.79 Å². The van der Waals surface area contributed by atoms with Crippen molar-refractivity contribution in [3.05, 3.63) is 59.7 Å². The van der Waals surface area contributed by atoms with Crippen LogP contribution in [0.3, 0.4) is 0 Å². The Balaban J connectivity index is 1.46. The Kier molecular flexibility index (Phi) is 6.54. The molecule has 178 valence electrons. The molecule has 0 radical (unpaired) electrons. The molecule has 0 saturated carbocycles. The molecular formula is C25H27N3O6. The molecule has 0 spiro atoms. The maximum atomic E-state index is 13.2. The average molecular weight is 466 g/mol. The van der Waals surface area contributed by atoms with Crippen LogP contribution in [-0.2, 0) is 26.3 Å². The minimum atomic E-state index is -1.37. The number of rotatable bonds is 7. The Hall–Kier alpha value is -3.88. The van der Waals surface area contributed by atoms with Gasteiger partial charge in [-0.15, -0.1) is 0 Å². The zero-order valence-corrected chi connectivity index (χ0v) is 19.1. The third-order valence-corrected chi connectivity index (χ3v) is 6.01. The van der Waals surface area contributed by atoms with Gasteiger partial charge in [-0.3, -0.25) is 19.3 Å². The van der Waals surface area contributed by atoms with E-state index in [9.17, 15) is 19.2 Å². The molecule has 1 saturated heterocycles. The summed E-state index contributed by atoms with van der Waals surface area (Å²) in [6.45, 7) is 3.50. The van der Waals surface area contributed by atoms with E-state index in [4.69, 9.17) is 9.47 Å². The van der Waals surface area contributed by atoms with E-state index in [0.29, 0.717) is 36.7 Å². The molecule has 34 heavy (non-hydrogen) atoms. The van der Waals surface area contributed by atoms with Crippen LogP contribution in [0.2, 0.25) is 0 Å². The minimum Gasteiger partial charge on any atom is -0.490 e. The monoisotopic (exact) mass is 465 g/mol. The zero-order chi connectivity index (χ0) is 24.3. The highest BCUT2D eigenvalue weighted by Crippen LogP contribution is 2.36. The number of hydrogen-bond acceptors (Lipinski definition) is 6. The van der Waals surface area contributed by atoms with Crippen LogP contribution in [0.25, 0.3) is 0 Å². The lowest BCUT2D eigenvalue weighted by molar-refractivity contribution is -0.135. The molecule has 2 heterocycles. The molecule has 2 aromatic rings. The van der Waals surface area contributed by atoms with Crippen molar-refractivity contribution in [1.29, 1.82) is 0 Å². The Morgan fingerprint density at radius 2 is 1.79 bits per heavy atom. The van der Waals surface area contributed by atoms with Gasteiger partial charge in [-0.1, -0.05) is 36.4 Å². The summed E-state index contributed by atoms with van der Waals surface area (Å²) in [5.41, 5.74) is 0.0372. The fraction of sp³-hybridized carbons (Fsp3) is 0.360. The fourth-order valence-corrected chi connectivity index (χ4v) is 4.04. The molecule has 2 aromatic carbocycles. The van der Waals surface area contributed by atoms with Gasteiger partial charge in [0.15, 0.2) is 17.3 Å². The van der Waals surface area contributed by atoms with E-state index in [2.05, 4.69) is 10.6 Å². The number of carbonyl (C=O) groups is 4. The lowest BCUT2D eigenvalue weighted by Gasteiger charge is -2.23. The van der Waals surface area contributed by atoms with Gasteiger partial charge in [0.1, 0.15) is 12.1 Å². The number of ketones is 1. The molecule has 9 nitrogen and oxygen atoms in total. The summed E-state index contributed by atoms with van der Waals surface area (Å²) in [4.78, 5) is 51.5. The molecule has 2 aliphatic rings. The van der Waals surface area contributed by atoms with Gasteiger partial charge in [0.25, 0.3) is 5.91 Å². The number of hydrogen-bond donors (Lipinski definition) is 2. The van der Waals surface area contributed by atoms with Crippen LogP contribution in [0.5, 0.6) is 11.5 Å². The summed E-state index contributed by atoms with van der Waals surface area (Å²) in [7, 11) is 0. The predicted molar refractivity (Wildman–Crippen MR) is 122 cm³/mol. The molecule has 2 N–H and O–H groups in total. The van der Waals surface area contributed by atoms with Crippen LogP contribution in [0, 0.1) is 0 Å². The summed E-state index contributed by atoms with van der Waals surface area (Å²) >= 11 is 0. The highest BCUT2D eigenvalue weighted by molar-refractivity contribution is 6.09. The molecule has 0 aromatic heterocycles. The molecule has 4 amide bonds. The topological polar surface area (TPSA) is 114 Å². The second kappa shape index (κ2) is 9.54. The first-order chi connectivity index (χ1) is 16.3. The van der Waals surface area contributed by atoms with Gasteiger partial charge in [0.05, 0.1) is 19.3 Å². The van der Waals surface area contributed by atoms with Crippen molar-refractivity contribution in [2.45, 2.75) is 38.3 Å². The summed E-state index contributed by atoms with van der Waals surface area (Å²) in [5, 5.41) is 5.33. The lowest BCUT2D eigenvalue weighted by Crippen LogP contribution is -2.48. The number of Topliss-reactive ketones (excluding diaryl/α,β-unsaturated/α-hetero) is 1. The van der Waals surface area contributed by atoms with Crippen molar-refractivity contribution < 1.29 is 28.7 Å². The number of urea groups is 1. The summed E-state index contributed by atoms with van der Waals surface area (Å²) in [6.07, 6.45) is 1.06. The van der Waals surface area contributed by atoms with Crippen LogP contribution in [0.15, 0.2) is 48.5 Å². The Bertz CT molecular complexity index is 1120. The van der Waals surface area contributed by atoms with Gasteiger partial charge >= 0.3 is 6.03 Å². The number of nitrogens with zero attached hydrogens (tertiary/aromatic N) is 1. The lowest BCUT2D eigenvalue weighted by atomic mass is 9.91. The average Bonchev–Trinajstić information content (AvgIpc) is 2.97. The Morgan fingerprint density at radius 1 is 1.09 bits per heavy atom. The van der Waals surface area contributed by atoms with E-state index >= 15 is 0 Å². The molecule has 2 aliphatic heterocycles. The van der Waals surface area contributed by atoms with Crippen molar-refractivity contribution in [2.75, 3.05) is 19.8 Å².